The molecule has 0 unspecified atom stereocenters. The summed E-state index contributed by atoms with van der Waals surface area (Å²) in [6.45, 7) is 0. The molecule has 0 atom stereocenters. The van der Waals surface area contributed by atoms with E-state index in [9.17, 15) is 4.79 Å². The Hall–Kier alpha value is -2.88. The van der Waals surface area contributed by atoms with Gasteiger partial charge in [0.1, 0.15) is 6.07 Å². The molecule has 0 spiro atoms. The Labute approximate surface area is 147 Å². The van der Waals surface area contributed by atoms with Crippen molar-refractivity contribution in [3.05, 3.63) is 29.8 Å². The van der Waals surface area contributed by atoms with Crippen molar-refractivity contribution in [2.24, 2.45) is 10.8 Å². The minimum atomic E-state index is -0.425. The number of anilines is 1. The normalized spacial score (nSPS) is 16.2. The molecule has 0 aromatic heterocycles. The molecule has 1 aliphatic rings. The highest BCUT2D eigenvalue weighted by Crippen LogP contribution is 2.19. The van der Waals surface area contributed by atoms with Crippen molar-refractivity contribution >= 4 is 23.1 Å². The summed E-state index contributed by atoms with van der Waals surface area (Å²) in [5.41, 5.74) is 8.64. The third kappa shape index (κ3) is 5.60. The SMILES string of the molecule is N#C/C(=N\Nc1ccccc1C(=O)NC1CCCCCCC1)C(=N)N. The second kappa shape index (κ2) is 9.42. The zero-order valence-corrected chi connectivity index (χ0v) is 14.2. The van der Waals surface area contributed by atoms with Crippen molar-refractivity contribution in [3.63, 3.8) is 0 Å². The van der Waals surface area contributed by atoms with Crippen molar-refractivity contribution in [1.29, 1.82) is 10.7 Å². The van der Waals surface area contributed by atoms with Crippen LogP contribution in [-0.4, -0.2) is 23.5 Å². The number of hydrogen-bond donors (Lipinski definition) is 4. The van der Waals surface area contributed by atoms with Crippen molar-refractivity contribution < 1.29 is 4.79 Å². The number of amides is 1. The number of hydrazone groups is 1. The number of benzene rings is 1. The lowest BCUT2D eigenvalue weighted by Crippen LogP contribution is -2.35. The number of carbonyl (C=O) groups is 1. The van der Waals surface area contributed by atoms with Crippen LogP contribution in [0.5, 0.6) is 0 Å². The lowest BCUT2D eigenvalue weighted by molar-refractivity contribution is 0.0931. The summed E-state index contributed by atoms with van der Waals surface area (Å²) < 4.78 is 0. The summed E-state index contributed by atoms with van der Waals surface area (Å²) in [5, 5.41) is 23.1. The molecule has 0 heterocycles. The van der Waals surface area contributed by atoms with Gasteiger partial charge < -0.3 is 11.1 Å². The van der Waals surface area contributed by atoms with Gasteiger partial charge in [-0.15, -0.1) is 0 Å². The quantitative estimate of drug-likeness (QED) is 0.373. The van der Waals surface area contributed by atoms with E-state index in [4.69, 9.17) is 16.4 Å². The van der Waals surface area contributed by atoms with E-state index in [-0.39, 0.29) is 17.7 Å². The van der Waals surface area contributed by atoms with Crippen LogP contribution in [0.1, 0.15) is 55.3 Å². The molecule has 7 heteroatoms. The molecule has 1 aromatic carbocycles. The molecule has 1 saturated carbocycles. The van der Waals surface area contributed by atoms with Crippen molar-refractivity contribution in [1.82, 2.24) is 5.32 Å². The molecule has 0 radical (unpaired) electrons. The van der Waals surface area contributed by atoms with Gasteiger partial charge in [0, 0.05) is 6.04 Å². The Balaban J connectivity index is 2.09. The molecule has 25 heavy (non-hydrogen) atoms. The minimum absolute atomic E-state index is 0.162. The summed E-state index contributed by atoms with van der Waals surface area (Å²) in [6, 6.07) is 8.88. The number of nitriles is 1. The molecule has 0 saturated heterocycles. The fraction of sp³-hybridized carbons (Fsp3) is 0.444. The number of amidine groups is 1. The first-order valence-electron chi connectivity index (χ1n) is 8.60. The average Bonchev–Trinajstić information content (AvgIpc) is 2.57. The first-order chi connectivity index (χ1) is 12.1. The molecule has 1 aliphatic carbocycles. The monoisotopic (exact) mass is 340 g/mol. The van der Waals surface area contributed by atoms with Crippen LogP contribution in [0.3, 0.4) is 0 Å². The molecule has 0 bridgehead atoms. The van der Waals surface area contributed by atoms with E-state index < -0.39 is 5.84 Å². The number of para-hydroxylation sites is 1. The Kier molecular flexibility index (Phi) is 6.96. The van der Waals surface area contributed by atoms with Gasteiger partial charge in [-0.05, 0) is 25.0 Å². The van der Waals surface area contributed by atoms with Crippen LogP contribution in [0.2, 0.25) is 0 Å². The van der Waals surface area contributed by atoms with Crippen molar-refractivity contribution in [2.45, 2.75) is 51.0 Å². The van der Waals surface area contributed by atoms with Crippen LogP contribution < -0.4 is 16.5 Å². The number of nitrogens with one attached hydrogen (secondary N) is 3. The maximum atomic E-state index is 12.6. The van der Waals surface area contributed by atoms with Gasteiger partial charge in [-0.3, -0.25) is 15.6 Å². The third-order valence-electron chi connectivity index (χ3n) is 4.26. The predicted octanol–water partition coefficient (Wildman–Crippen LogP) is 2.76. The Morgan fingerprint density at radius 1 is 1.20 bits per heavy atom. The van der Waals surface area contributed by atoms with Gasteiger partial charge in [0.2, 0.25) is 5.71 Å². The van der Waals surface area contributed by atoms with Gasteiger partial charge in [0.05, 0.1) is 11.3 Å². The van der Waals surface area contributed by atoms with Crippen LogP contribution in [0.25, 0.3) is 0 Å². The summed E-state index contributed by atoms with van der Waals surface area (Å²) in [5.74, 6) is -0.586. The topological polar surface area (TPSA) is 127 Å². The lowest BCUT2D eigenvalue weighted by atomic mass is 9.96. The largest absolute Gasteiger partial charge is 0.382 e. The molecule has 1 aromatic rings. The zero-order chi connectivity index (χ0) is 18.1. The summed E-state index contributed by atoms with van der Waals surface area (Å²) >= 11 is 0. The van der Waals surface area contributed by atoms with Gasteiger partial charge in [0.15, 0.2) is 5.84 Å². The highest BCUT2D eigenvalue weighted by Gasteiger charge is 2.17. The predicted molar refractivity (Wildman–Crippen MR) is 98.6 cm³/mol. The van der Waals surface area contributed by atoms with E-state index >= 15 is 0 Å². The Morgan fingerprint density at radius 2 is 1.84 bits per heavy atom. The molecule has 2 rings (SSSR count). The maximum Gasteiger partial charge on any atom is 0.253 e. The van der Waals surface area contributed by atoms with E-state index in [0.717, 1.165) is 25.7 Å². The summed E-state index contributed by atoms with van der Waals surface area (Å²) in [6.07, 6.45) is 8.01. The van der Waals surface area contributed by atoms with E-state index in [0.29, 0.717) is 11.3 Å². The minimum Gasteiger partial charge on any atom is -0.382 e. The smallest absolute Gasteiger partial charge is 0.253 e. The second-order valence-electron chi connectivity index (χ2n) is 6.16. The standard InChI is InChI=1S/C18H24N6O/c19-12-16(17(20)21)24-23-15-11-7-6-10-14(15)18(25)22-13-8-4-2-1-3-5-9-13/h6-7,10-11,13,23H,1-5,8-9H2,(H3,20,21)(H,22,25)/b24-16+. The van der Waals surface area contributed by atoms with Gasteiger partial charge >= 0.3 is 0 Å². The van der Waals surface area contributed by atoms with E-state index in [1.54, 1.807) is 30.3 Å². The van der Waals surface area contributed by atoms with Crippen LogP contribution >= 0.6 is 0 Å². The van der Waals surface area contributed by atoms with E-state index in [1.807, 2.05) is 0 Å². The number of carbonyl (C=O) groups excluding carboxylic acids is 1. The molecule has 1 amide bonds. The molecular formula is C18H24N6O. The van der Waals surface area contributed by atoms with Gasteiger partial charge in [-0.25, -0.2) is 0 Å². The summed E-state index contributed by atoms with van der Waals surface area (Å²) in [4.78, 5) is 12.6. The molecule has 1 fully saturated rings. The highest BCUT2D eigenvalue weighted by atomic mass is 16.1. The third-order valence-corrected chi connectivity index (χ3v) is 4.26. The Morgan fingerprint density at radius 3 is 2.48 bits per heavy atom. The number of hydrogen-bond acceptors (Lipinski definition) is 5. The lowest BCUT2D eigenvalue weighted by Gasteiger charge is -2.21. The van der Waals surface area contributed by atoms with Crippen LogP contribution in [0.15, 0.2) is 29.4 Å². The Bertz CT molecular complexity index is 683. The van der Waals surface area contributed by atoms with Crippen LogP contribution in [-0.2, 0) is 0 Å². The summed E-state index contributed by atoms with van der Waals surface area (Å²) in [7, 11) is 0. The molecule has 0 aliphatic heterocycles. The molecule has 5 N–H and O–H groups in total. The molecule has 7 nitrogen and oxygen atoms in total. The zero-order valence-electron chi connectivity index (χ0n) is 14.2. The second-order valence-corrected chi connectivity index (χ2v) is 6.16. The van der Waals surface area contributed by atoms with Crippen LogP contribution in [0, 0.1) is 16.7 Å². The first kappa shape index (κ1) is 18.5. The molecule has 132 valence electrons. The highest BCUT2D eigenvalue weighted by molar-refractivity contribution is 6.45. The number of rotatable bonds is 5. The number of nitrogens with two attached hydrogens (primary N) is 1. The fourth-order valence-corrected chi connectivity index (χ4v) is 2.90. The average molecular weight is 340 g/mol. The van der Waals surface area contributed by atoms with Crippen molar-refractivity contribution in [2.75, 3.05) is 5.43 Å². The first-order valence-corrected chi connectivity index (χ1v) is 8.60. The van der Waals surface area contributed by atoms with Gasteiger partial charge in [0.25, 0.3) is 5.91 Å². The van der Waals surface area contributed by atoms with E-state index in [1.165, 1.54) is 19.3 Å². The van der Waals surface area contributed by atoms with Crippen molar-refractivity contribution in [3.8, 4) is 6.07 Å². The number of nitrogens with zero attached hydrogens (tertiary/aromatic N) is 2. The maximum absolute atomic E-state index is 12.6. The molecular weight excluding hydrogens is 316 g/mol. The fourth-order valence-electron chi connectivity index (χ4n) is 2.90. The van der Waals surface area contributed by atoms with Crippen LogP contribution in [0.4, 0.5) is 5.69 Å². The van der Waals surface area contributed by atoms with Gasteiger partial charge in [-0.1, -0.05) is 44.2 Å². The van der Waals surface area contributed by atoms with Gasteiger partial charge in [-0.2, -0.15) is 10.4 Å². The van der Waals surface area contributed by atoms with E-state index in [2.05, 4.69) is 15.8 Å².